The van der Waals surface area contributed by atoms with Crippen molar-refractivity contribution in [1.29, 1.82) is 0 Å². The standard InChI is InChI=1S/C17H26N4O/c1-11-8-14(11)16-7-6-13(22-16)9-18-10-15-12(2)19-21(5)17(15)20(3)4/h6-7,11,14,18H,8-10H2,1-5H3/t11-,14+/m0/s1. The van der Waals surface area contributed by atoms with Crippen molar-refractivity contribution in [3.63, 3.8) is 0 Å². The molecule has 1 saturated carbocycles. The second-order valence-electron chi connectivity index (χ2n) is 6.63. The third-order valence-corrected chi connectivity index (χ3v) is 4.50. The molecule has 2 aromatic rings. The van der Waals surface area contributed by atoms with Crippen molar-refractivity contribution in [2.45, 2.75) is 39.3 Å². The van der Waals surface area contributed by atoms with Crippen LogP contribution in [0.2, 0.25) is 0 Å². The highest BCUT2D eigenvalue weighted by atomic mass is 16.3. The van der Waals surface area contributed by atoms with Crippen molar-refractivity contribution >= 4 is 5.82 Å². The summed E-state index contributed by atoms with van der Waals surface area (Å²) in [5.41, 5.74) is 2.32. The summed E-state index contributed by atoms with van der Waals surface area (Å²) < 4.78 is 7.87. The Morgan fingerprint density at radius 1 is 1.36 bits per heavy atom. The van der Waals surface area contributed by atoms with Gasteiger partial charge in [0.1, 0.15) is 17.3 Å². The van der Waals surface area contributed by atoms with Crippen LogP contribution < -0.4 is 10.2 Å². The summed E-state index contributed by atoms with van der Waals surface area (Å²) in [5, 5.41) is 7.99. The topological polar surface area (TPSA) is 46.2 Å². The predicted octanol–water partition coefficient (Wildman–Crippen LogP) is 2.80. The van der Waals surface area contributed by atoms with E-state index in [-0.39, 0.29) is 0 Å². The van der Waals surface area contributed by atoms with Gasteiger partial charge < -0.3 is 14.6 Å². The molecule has 2 atom stereocenters. The van der Waals surface area contributed by atoms with Crippen molar-refractivity contribution in [3.8, 4) is 0 Å². The van der Waals surface area contributed by atoms with Crippen LogP contribution in [0.4, 0.5) is 5.82 Å². The molecule has 2 aromatic heterocycles. The van der Waals surface area contributed by atoms with Crippen molar-refractivity contribution in [1.82, 2.24) is 15.1 Å². The van der Waals surface area contributed by atoms with Gasteiger partial charge in [-0.15, -0.1) is 0 Å². The van der Waals surface area contributed by atoms with Crippen LogP contribution in [0.1, 0.15) is 42.0 Å². The van der Waals surface area contributed by atoms with Gasteiger partial charge in [0, 0.05) is 39.2 Å². The highest BCUT2D eigenvalue weighted by Gasteiger charge is 2.36. The molecule has 0 amide bonds. The van der Waals surface area contributed by atoms with Gasteiger partial charge in [0.2, 0.25) is 0 Å². The fraction of sp³-hybridized carbons (Fsp3) is 0.588. The first-order chi connectivity index (χ1) is 10.5. The van der Waals surface area contributed by atoms with Gasteiger partial charge in [-0.2, -0.15) is 5.10 Å². The van der Waals surface area contributed by atoms with E-state index in [2.05, 4.69) is 55.4 Å². The van der Waals surface area contributed by atoms with Crippen LogP contribution in [0, 0.1) is 12.8 Å². The van der Waals surface area contributed by atoms with E-state index in [1.165, 1.54) is 12.0 Å². The van der Waals surface area contributed by atoms with E-state index in [1.807, 2.05) is 11.7 Å². The van der Waals surface area contributed by atoms with Crippen LogP contribution in [-0.4, -0.2) is 23.9 Å². The molecule has 5 nitrogen and oxygen atoms in total. The van der Waals surface area contributed by atoms with Gasteiger partial charge in [-0.1, -0.05) is 6.92 Å². The Morgan fingerprint density at radius 3 is 2.73 bits per heavy atom. The molecule has 1 fully saturated rings. The number of nitrogens with one attached hydrogen (secondary N) is 1. The van der Waals surface area contributed by atoms with E-state index in [4.69, 9.17) is 4.42 Å². The summed E-state index contributed by atoms with van der Waals surface area (Å²) in [6.45, 7) is 5.88. The summed E-state index contributed by atoms with van der Waals surface area (Å²) in [6.07, 6.45) is 1.27. The molecular weight excluding hydrogens is 276 g/mol. The largest absolute Gasteiger partial charge is 0.464 e. The van der Waals surface area contributed by atoms with Gasteiger partial charge in [0.05, 0.1) is 12.2 Å². The normalized spacial score (nSPS) is 20.4. The molecule has 1 N–H and O–H groups in total. The Hall–Kier alpha value is -1.75. The molecule has 0 saturated heterocycles. The molecule has 1 aliphatic carbocycles. The molecule has 0 bridgehead atoms. The van der Waals surface area contributed by atoms with Gasteiger partial charge in [0.25, 0.3) is 0 Å². The molecule has 2 heterocycles. The lowest BCUT2D eigenvalue weighted by Crippen LogP contribution is -2.18. The molecule has 0 radical (unpaired) electrons. The number of hydrogen-bond acceptors (Lipinski definition) is 4. The first-order valence-corrected chi connectivity index (χ1v) is 7.96. The van der Waals surface area contributed by atoms with Crippen molar-refractivity contribution in [3.05, 3.63) is 34.9 Å². The third kappa shape index (κ3) is 2.90. The first kappa shape index (κ1) is 15.2. The highest BCUT2D eigenvalue weighted by Crippen LogP contribution is 2.47. The molecule has 5 heteroatoms. The maximum Gasteiger partial charge on any atom is 0.130 e. The SMILES string of the molecule is Cc1nn(C)c(N(C)C)c1CNCc1ccc([C@@H]2C[C@@H]2C)o1. The number of aryl methyl sites for hydroxylation is 2. The van der Waals surface area contributed by atoms with Crippen molar-refractivity contribution < 1.29 is 4.42 Å². The Bertz CT molecular complexity index is 656. The Morgan fingerprint density at radius 2 is 2.09 bits per heavy atom. The van der Waals surface area contributed by atoms with Crippen molar-refractivity contribution in [2.24, 2.45) is 13.0 Å². The Labute approximate surface area is 132 Å². The summed E-state index contributed by atoms with van der Waals surface area (Å²) in [5.74, 6) is 4.75. The average molecular weight is 302 g/mol. The molecule has 0 unspecified atom stereocenters. The summed E-state index contributed by atoms with van der Waals surface area (Å²) >= 11 is 0. The molecule has 0 spiro atoms. The van der Waals surface area contributed by atoms with Crippen LogP contribution in [0.3, 0.4) is 0 Å². The molecule has 0 aromatic carbocycles. The monoisotopic (exact) mass is 302 g/mol. The van der Waals surface area contributed by atoms with Gasteiger partial charge in [-0.25, -0.2) is 0 Å². The zero-order valence-corrected chi connectivity index (χ0v) is 14.2. The molecule has 22 heavy (non-hydrogen) atoms. The van der Waals surface area contributed by atoms with Gasteiger partial charge in [0.15, 0.2) is 0 Å². The molecule has 1 aliphatic rings. The smallest absolute Gasteiger partial charge is 0.130 e. The molecular formula is C17H26N4O. The van der Waals surface area contributed by atoms with Crippen LogP contribution in [-0.2, 0) is 20.1 Å². The van der Waals surface area contributed by atoms with Gasteiger partial charge in [-0.3, -0.25) is 4.68 Å². The van der Waals surface area contributed by atoms with E-state index in [0.29, 0.717) is 5.92 Å². The van der Waals surface area contributed by atoms with E-state index in [9.17, 15) is 0 Å². The van der Waals surface area contributed by atoms with E-state index in [1.54, 1.807) is 0 Å². The highest BCUT2D eigenvalue weighted by molar-refractivity contribution is 5.48. The van der Waals surface area contributed by atoms with E-state index in [0.717, 1.165) is 42.0 Å². The molecule has 3 rings (SSSR count). The van der Waals surface area contributed by atoms with Crippen LogP contribution in [0.25, 0.3) is 0 Å². The lowest BCUT2D eigenvalue weighted by atomic mass is 10.2. The predicted molar refractivity (Wildman–Crippen MR) is 88.0 cm³/mol. The number of aromatic nitrogens is 2. The number of furan rings is 1. The molecule has 120 valence electrons. The Kier molecular flexibility index (Phi) is 4.00. The number of nitrogens with zero attached hydrogens (tertiary/aromatic N) is 3. The Balaban J connectivity index is 1.60. The summed E-state index contributed by atoms with van der Waals surface area (Å²) in [6, 6.07) is 4.22. The lowest BCUT2D eigenvalue weighted by Gasteiger charge is -2.15. The maximum atomic E-state index is 5.94. The summed E-state index contributed by atoms with van der Waals surface area (Å²) in [4.78, 5) is 2.11. The van der Waals surface area contributed by atoms with Crippen LogP contribution in [0.5, 0.6) is 0 Å². The minimum absolute atomic E-state index is 0.648. The quantitative estimate of drug-likeness (QED) is 0.891. The van der Waals surface area contributed by atoms with E-state index < -0.39 is 0 Å². The van der Waals surface area contributed by atoms with Crippen LogP contribution in [0.15, 0.2) is 16.5 Å². The fourth-order valence-electron chi connectivity index (χ4n) is 3.17. The minimum atomic E-state index is 0.648. The van der Waals surface area contributed by atoms with Gasteiger partial charge >= 0.3 is 0 Å². The average Bonchev–Trinajstić information content (AvgIpc) is 2.88. The number of anilines is 1. The second kappa shape index (κ2) is 5.80. The van der Waals surface area contributed by atoms with E-state index >= 15 is 0 Å². The zero-order valence-electron chi connectivity index (χ0n) is 14.2. The van der Waals surface area contributed by atoms with Gasteiger partial charge in [-0.05, 0) is 31.4 Å². The minimum Gasteiger partial charge on any atom is -0.464 e. The fourth-order valence-corrected chi connectivity index (χ4v) is 3.17. The zero-order chi connectivity index (χ0) is 15.9. The second-order valence-corrected chi connectivity index (χ2v) is 6.63. The third-order valence-electron chi connectivity index (χ3n) is 4.50. The maximum absolute atomic E-state index is 5.94. The lowest BCUT2D eigenvalue weighted by molar-refractivity contribution is 0.444. The number of hydrogen-bond donors (Lipinski definition) is 1. The first-order valence-electron chi connectivity index (χ1n) is 7.96. The van der Waals surface area contributed by atoms with Crippen LogP contribution >= 0.6 is 0 Å². The summed E-state index contributed by atoms with van der Waals surface area (Å²) in [7, 11) is 6.09. The van der Waals surface area contributed by atoms with Crippen molar-refractivity contribution in [2.75, 3.05) is 19.0 Å². The number of rotatable bonds is 6. The molecule has 0 aliphatic heterocycles.